The molecule has 20 heavy (non-hydrogen) atoms. The van der Waals surface area contributed by atoms with Gasteiger partial charge < -0.3 is 15.3 Å². The highest BCUT2D eigenvalue weighted by molar-refractivity contribution is 5.75. The average molecular weight is 290 g/mol. The number of piperidine rings is 1. The number of carboxylic acid groups (broad SMARTS) is 1. The fourth-order valence-corrected chi connectivity index (χ4v) is 2.78. The van der Waals surface area contributed by atoms with Crippen molar-refractivity contribution < 1.29 is 23.5 Å². The standard InChI is InChI=1S/C13H20F2N2O3/c14-13(15)5-1-10(2-6-13)16-12(20)17-7-3-9(4-8-17)11(18)19/h9-10H,1-8H2,(H,16,20)(H,18,19). The Hall–Kier alpha value is -1.40. The Labute approximate surface area is 116 Å². The highest BCUT2D eigenvalue weighted by atomic mass is 19.3. The predicted molar refractivity (Wildman–Crippen MR) is 67.7 cm³/mol. The van der Waals surface area contributed by atoms with Crippen LogP contribution in [0, 0.1) is 5.92 Å². The first kappa shape index (κ1) is 15.0. The third-order valence-electron chi connectivity index (χ3n) is 4.18. The van der Waals surface area contributed by atoms with Crippen molar-refractivity contribution in [2.24, 2.45) is 5.92 Å². The van der Waals surface area contributed by atoms with Gasteiger partial charge in [-0.1, -0.05) is 0 Å². The summed E-state index contributed by atoms with van der Waals surface area (Å²) >= 11 is 0. The van der Waals surface area contributed by atoms with E-state index in [0.29, 0.717) is 38.8 Å². The van der Waals surface area contributed by atoms with E-state index in [9.17, 15) is 18.4 Å². The first-order valence-corrected chi connectivity index (χ1v) is 7.03. The number of likely N-dealkylation sites (tertiary alicyclic amines) is 1. The topological polar surface area (TPSA) is 69.6 Å². The lowest BCUT2D eigenvalue weighted by molar-refractivity contribution is -0.143. The number of halogens is 2. The molecule has 114 valence electrons. The molecule has 2 rings (SSSR count). The molecule has 1 saturated heterocycles. The largest absolute Gasteiger partial charge is 0.481 e. The Bertz CT molecular complexity index is 372. The molecule has 1 saturated carbocycles. The van der Waals surface area contributed by atoms with Gasteiger partial charge in [-0.15, -0.1) is 0 Å². The number of hydrogen-bond acceptors (Lipinski definition) is 2. The van der Waals surface area contributed by atoms with Crippen LogP contribution in [-0.4, -0.2) is 47.1 Å². The van der Waals surface area contributed by atoms with E-state index in [-0.39, 0.29) is 30.8 Å². The lowest BCUT2D eigenvalue weighted by atomic mass is 9.92. The number of nitrogens with one attached hydrogen (secondary N) is 1. The number of amides is 2. The molecule has 0 bridgehead atoms. The van der Waals surface area contributed by atoms with Crippen molar-refractivity contribution in [3.8, 4) is 0 Å². The minimum atomic E-state index is -2.60. The van der Waals surface area contributed by atoms with Gasteiger partial charge in [0.25, 0.3) is 0 Å². The molecule has 1 aliphatic heterocycles. The molecule has 0 unspecified atom stereocenters. The van der Waals surface area contributed by atoms with Crippen molar-refractivity contribution in [2.45, 2.75) is 50.5 Å². The van der Waals surface area contributed by atoms with Gasteiger partial charge in [0, 0.05) is 32.0 Å². The van der Waals surface area contributed by atoms with Crippen molar-refractivity contribution in [3.05, 3.63) is 0 Å². The van der Waals surface area contributed by atoms with Gasteiger partial charge in [-0.25, -0.2) is 13.6 Å². The normalized spacial score (nSPS) is 24.4. The molecule has 1 heterocycles. The maximum atomic E-state index is 13.0. The second kappa shape index (κ2) is 5.93. The SMILES string of the molecule is O=C(O)C1CCN(C(=O)NC2CCC(F)(F)CC2)CC1. The third-order valence-corrected chi connectivity index (χ3v) is 4.18. The molecule has 0 aromatic rings. The molecular weight excluding hydrogens is 270 g/mol. The number of alkyl halides is 2. The van der Waals surface area contributed by atoms with Crippen LogP contribution in [0.5, 0.6) is 0 Å². The number of rotatable bonds is 2. The van der Waals surface area contributed by atoms with E-state index in [1.54, 1.807) is 4.90 Å². The fourth-order valence-electron chi connectivity index (χ4n) is 2.78. The molecule has 0 radical (unpaired) electrons. The van der Waals surface area contributed by atoms with Crippen LogP contribution in [0.4, 0.5) is 13.6 Å². The van der Waals surface area contributed by atoms with Crippen LogP contribution in [0.25, 0.3) is 0 Å². The Morgan fingerprint density at radius 3 is 2.15 bits per heavy atom. The summed E-state index contributed by atoms with van der Waals surface area (Å²) in [6.07, 6.45) is 1.13. The zero-order valence-electron chi connectivity index (χ0n) is 11.3. The van der Waals surface area contributed by atoms with Crippen molar-refractivity contribution in [1.82, 2.24) is 10.2 Å². The summed E-state index contributed by atoms with van der Waals surface area (Å²) in [4.78, 5) is 24.4. The molecule has 5 nitrogen and oxygen atoms in total. The van der Waals surface area contributed by atoms with Crippen LogP contribution in [-0.2, 0) is 4.79 Å². The average Bonchev–Trinajstić information content (AvgIpc) is 2.41. The minimum absolute atomic E-state index is 0.182. The molecule has 2 fully saturated rings. The number of carboxylic acids is 1. The number of carbonyl (C=O) groups excluding carboxylic acids is 1. The first-order chi connectivity index (χ1) is 9.37. The van der Waals surface area contributed by atoms with Crippen LogP contribution in [0.15, 0.2) is 0 Å². The molecule has 1 aliphatic carbocycles. The molecule has 0 atom stereocenters. The Kier molecular flexibility index (Phi) is 4.45. The molecule has 2 N–H and O–H groups in total. The predicted octanol–water partition coefficient (Wildman–Crippen LogP) is 2.07. The zero-order valence-corrected chi connectivity index (χ0v) is 11.3. The van der Waals surface area contributed by atoms with E-state index in [1.807, 2.05) is 0 Å². The second-order valence-corrected chi connectivity index (χ2v) is 5.68. The van der Waals surface area contributed by atoms with Crippen molar-refractivity contribution >= 4 is 12.0 Å². The van der Waals surface area contributed by atoms with Gasteiger partial charge in [0.2, 0.25) is 5.92 Å². The third kappa shape index (κ3) is 3.80. The van der Waals surface area contributed by atoms with Crippen LogP contribution in [0.2, 0.25) is 0 Å². The number of urea groups is 1. The van der Waals surface area contributed by atoms with Crippen molar-refractivity contribution in [3.63, 3.8) is 0 Å². The van der Waals surface area contributed by atoms with Gasteiger partial charge in [0.05, 0.1) is 5.92 Å². The quantitative estimate of drug-likeness (QED) is 0.818. The van der Waals surface area contributed by atoms with Gasteiger partial charge in [0.15, 0.2) is 0 Å². The molecule has 0 spiro atoms. The summed E-state index contributed by atoms with van der Waals surface area (Å²) in [5, 5.41) is 11.7. The van der Waals surface area contributed by atoms with E-state index in [0.717, 1.165) is 0 Å². The summed E-state index contributed by atoms with van der Waals surface area (Å²) in [5.74, 6) is -3.80. The maximum Gasteiger partial charge on any atom is 0.317 e. The van der Waals surface area contributed by atoms with Crippen molar-refractivity contribution in [2.75, 3.05) is 13.1 Å². The van der Waals surface area contributed by atoms with E-state index in [1.165, 1.54) is 0 Å². The van der Waals surface area contributed by atoms with Gasteiger partial charge in [0.1, 0.15) is 0 Å². The summed E-state index contributed by atoms with van der Waals surface area (Å²) < 4.78 is 26.0. The Balaban J connectivity index is 1.75. The lowest BCUT2D eigenvalue weighted by Gasteiger charge is -2.34. The van der Waals surface area contributed by atoms with Crippen LogP contribution in [0.1, 0.15) is 38.5 Å². The van der Waals surface area contributed by atoms with Crippen LogP contribution < -0.4 is 5.32 Å². The number of carbonyl (C=O) groups is 2. The number of nitrogens with zero attached hydrogens (tertiary/aromatic N) is 1. The minimum Gasteiger partial charge on any atom is -0.481 e. The summed E-state index contributed by atoms with van der Waals surface area (Å²) in [5.41, 5.74) is 0. The molecular formula is C13H20F2N2O3. The fraction of sp³-hybridized carbons (Fsp3) is 0.846. The zero-order chi connectivity index (χ0) is 14.8. The van der Waals surface area contributed by atoms with E-state index in [2.05, 4.69) is 5.32 Å². The smallest absolute Gasteiger partial charge is 0.317 e. The van der Waals surface area contributed by atoms with Crippen LogP contribution >= 0.6 is 0 Å². The van der Waals surface area contributed by atoms with Gasteiger partial charge in [-0.05, 0) is 25.7 Å². The van der Waals surface area contributed by atoms with E-state index in [4.69, 9.17) is 5.11 Å². The summed E-state index contributed by atoms with van der Waals surface area (Å²) in [6.45, 7) is 0.817. The Morgan fingerprint density at radius 2 is 1.65 bits per heavy atom. The van der Waals surface area contributed by atoms with Crippen LogP contribution in [0.3, 0.4) is 0 Å². The summed E-state index contributed by atoms with van der Waals surface area (Å²) in [6, 6.07) is -0.455. The number of hydrogen-bond donors (Lipinski definition) is 2. The second-order valence-electron chi connectivity index (χ2n) is 5.68. The Morgan fingerprint density at radius 1 is 1.10 bits per heavy atom. The van der Waals surface area contributed by atoms with E-state index >= 15 is 0 Å². The summed E-state index contributed by atoms with van der Waals surface area (Å²) in [7, 11) is 0. The van der Waals surface area contributed by atoms with E-state index < -0.39 is 11.9 Å². The van der Waals surface area contributed by atoms with Gasteiger partial charge >= 0.3 is 12.0 Å². The first-order valence-electron chi connectivity index (χ1n) is 7.03. The molecule has 7 heteroatoms. The number of aliphatic carboxylic acids is 1. The molecule has 0 aromatic carbocycles. The monoisotopic (exact) mass is 290 g/mol. The molecule has 2 aliphatic rings. The van der Waals surface area contributed by atoms with Gasteiger partial charge in [-0.3, -0.25) is 4.79 Å². The molecule has 0 aromatic heterocycles. The van der Waals surface area contributed by atoms with Gasteiger partial charge in [-0.2, -0.15) is 0 Å². The van der Waals surface area contributed by atoms with Crippen molar-refractivity contribution in [1.29, 1.82) is 0 Å². The lowest BCUT2D eigenvalue weighted by Crippen LogP contribution is -2.49. The maximum absolute atomic E-state index is 13.0. The highest BCUT2D eigenvalue weighted by Crippen LogP contribution is 2.33. The molecule has 2 amide bonds. The highest BCUT2D eigenvalue weighted by Gasteiger charge is 2.36.